The molecule has 2 saturated carbocycles. The summed E-state index contributed by atoms with van der Waals surface area (Å²) in [6.45, 7) is 0. The van der Waals surface area contributed by atoms with Crippen LogP contribution in [0.25, 0.3) is 0 Å². The molecule has 1 aromatic rings. The van der Waals surface area contributed by atoms with Crippen molar-refractivity contribution in [3.63, 3.8) is 0 Å². The van der Waals surface area contributed by atoms with E-state index in [1.807, 2.05) is 0 Å². The van der Waals surface area contributed by atoms with E-state index in [-0.39, 0.29) is 0 Å². The molecule has 2 fully saturated rings. The third-order valence-electron chi connectivity index (χ3n) is 4.74. The zero-order chi connectivity index (χ0) is 11.7. The van der Waals surface area contributed by atoms with Gasteiger partial charge in [-0.3, -0.25) is 0 Å². The van der Waals surface area contributed by atoms with Crippen LogP contribution >= 0.6 is 11.6 Å². The first-order valence-corrected chi connectivity index (χ1v) is 7.43. The molecule has 1 aromatic carbocycles. The Hall–Kier alpha value is -0.490. The lowest BCUT2D eigenvalue weighted by Crippen LogP contribution is -2.16. The second kappa shape index (κ2) is 5.02. The Kier molecular flexibility index (Phi) is 3.42. The Morgan fingerprint density at radius 1 is 1.12 bits per heavy atom. The normalized spacial score (nSPS) is 32.9. The summed E-state index contributed by atoms with van der Waals surface area (Å²) in [7, 11) is 0. The highest BCUT2D eigenvalue weighted by molar-refractivity contribution is 6.20. The molecule has 0 amide bonds. The molecule has 0 aliphatic heterocycles. The number of hydrogen-bond donors (Lipinski definition) is 0. The van der Waals surface area contributed by atoms with Crippen LogP contribution < -0.4 is 0 Å². The van der Waals surface area contributed by atoms with Crippen molar-refractivity contribution < 1.29 is 0 Å². The summed E-state index contributed by atoms with van der Waals surface area (Å²) in [5, 5.41) is 0.335. The van der Waals surface area contributed by atoms with E-state index in [0.717, 1.165) is 24.2 Å². The minimum atomic E-state index is 0.335. The van der Waals surface area contributed by atoms with E-state index in [9.17, 15) is 0 Å². The average molecular weight is 249 g/mol. The quantitative estimate of drug-likeness (QED) is 0.680. The van der Waals surface area contributed by atoms with Crippen molar-refractivity contribution in [3.8, 4) is 0 Å². The monoisotopic (exact) mass is 248 g/mol. The van der Waals surface area contributed by atoms with Gasteiger partial charge < -0.3 is 0 Å². The van der Waals surface area contributed by atoms with Crippen molar-refractivity contribution in [2.75, 3.05) is 0 Å². The van der Waals surface area contributed by atoms with Crippen LogP contribution in [0.5, 0.6) is 0 Å². The molecule has 0 saturated heterocycles. The Morgan fingerprint density at radius 2 is 1.94 bits per heavy atom. The smallest absolute Gasteiger partial charge is 0.0379 e. The molecule has 2 aliphatic rings. The van der Waals surface area contributed by atoms with Gasteiger partial charge in [-0.15, -0.1) is 11.6 Å². The van der Waals surface area contributed by atoms with E-state index >= 15 is 0 Å². The second-order valence-electron chi connectivity index (χ2n) is 5.96. The predicted octanol–water partition coefficient (Wildman–Crippen LogP) is 4.66. The van der Waals surface area contributed by atoms with Crippen LogP contribution in [0.15, 0.2) is 30.3 Å². The van der Waals surface area contributed by atoms with Gasteiger partial charge >= 0.3 is 0 Å². The number of halogens is 1. The van der Waals surface area contributed by atoms with Crippen molar-refractivity contribution >= 4 is 11.6 Å². The molecule has 92 valence electrons. The number of fused-ring (bicyclic) bond motifs is 2. The summed E-state index contributed by atoms with van der Waals surface area (Å²) < 4.78 is 0. The maximum Gasteiger partial charge on any atom is 0.0379 e. The van der Waals surface area contributed by atoms with Gasteiger partial charge in [-0.1, -0.05) is 36.8 Å². The molecule has 2 aliphatic carbocycles. The van der Waals surface area contributed by atoms with Gasteiger partial charge in [0.1, 0.15) is 0 Å². The topological polar surface area (TPSA) is 0 Å². The Balaban J connectivity index is 1.52. The highest BCUT2D eigenvalue weighted by Crippen LogP contribution is 2.50. The number of benzene rings is 1. The molecule has 0 N–H and O–H groups in total. The first-order chi connectivity index (χ1) is 8.31. The number of alkyl halides is 1. The number of hydrogen-bond acceptors (Lipinski definition) is 0. The molecule has 3 rings (SSSR count). The fraction of sp³-hybridized carbons (Fsp3) is 0.625. The standard InChI is InChI=1S/C16H21Cl/c17-16(10-12-4-2-1-3-5-12)11-15-9-13-6-7-14(15)8-13/h1-5,13-16H,6-11H2. The lowest BCUT2D eigenvalue weighted by Gasteiger charge is -2.23. The molecule has 0 spiro atoms. The summed E-state index contributed by atoms with van der Waals surface area (Å²) >= 11 is 6.53. The first kappa shape index (κ1) is 11.6. The van der Waals surface area contributed by atoms with Crippen LogP contribution in [0.2, 0.25) is 0 Å². The summed E-state index contributed by atoms with van der Waals surface area (Å²) in [6, 6.07) is 10.7. The highest BCUT2D eigenvalue weighted by atomic mass is 35.5. The van der Waals surface area contributed by atoms with Crippen molar-refractivity contribution in [2.45, 2.75) is 43.9 Å². The second-order valence-corrected chi connectivity index (χ2v) is 6.57. The lowest BCUT2D eigenvalue weighted by molar-refractivity contribution is 0.310. The third-order valence-corrected chi connectivity index (χ3v) is 5.08. The van der Waals surface area contributed by atoms with E-state index in [2.05, 4.69) is 30.3 Å². The summed E-state index contributed by atoms with van der Waals surface area (Å²) in [5.74, 6) is 2.99. The number of rotatable bonds is 4. The maximum absolute atomic E-state index is 6.53. The van der Waals surface area contributed by atoms with E-state index in [1.54, 1.807) is 0 Å². The summed E-state index contributed by atoms with van der Waals surface area (Å²) in [4.78, 5) is 0. The summed E-state index contributed by atoms with van der Waals surface area (Å²) in [6.07, 6.45) is 8.20. The van der Waals surface area contributed by atoms with Gasteiger partial charge in [0, 0.05) is 5.38 Å². The summed E-state index contributed by atoms with van der Waals surface area (Å²) in [5.41, 5.74) is 1.38. The minimum Gasteiger partial charge on any atom is -0.123 e. The molecule has 4 atom stereocenters. The zero-order valence-corrected chi connectivity index (χ0v) is 11.1. The fourth-order valence-electron chi connectivity index (χ4n) is 3.95. The fourth-order valence-corrected chi connectivity index (χ4v) is 4.35. The largest absolute Gasteiger partial charge is 0.123 e. The van der Waals surface area contributed by atoms with Gasteiger partial charge in [0.15, 0.2) is 0 Å². The van der Waals surface area contributed by atoms with E-state index in [0.29, 0.717) is 5.38 Å². The molecule has 0 nitrogen and oxygen atoms in total. The Morgan fingerprint density at radius 3 is 2.59 bits per heavy atom. The van der Waals surface area contributed by atoms with Crippen LogP contribution in [-0.4, -0.2) is 5.38 Å². The molecule has 0 radical (unpaired) electrons. The van der Waals surface area contributed by atoms with Crippen molar-refractivity contribution in [2.24, 2.45) is 17.8 Å². The molecule has 2 bridgehead atoms. The molecule has 0 aromatic heterocycles. The molecular weight excluding hydrogens is 228 g/mol. The molecule has 4 unspecified atom stereocenters. The molecular formula is C16H21Cl. The molecule has 1 heteroatoms. The van der Waals surface area contributed by atoms with E-state index < -0.39 is 0 Å². The van der Waals surface area contributed by atoms with Crippen molar-refractivity contribution in [1.29, 1.82) is 0 Å². The van der Waals surface area contributed by atoms with Crippen LogP contribution in [0, 0.1) is 17.8 Å². The minimum absolute atomic E-state index is 0.335. The zero-order valence-electron chi connectivity index (χ0n) is 10.3. The van der Waals surface area contributed by atoms with E-state index in [1.165, 1.54) is 37.7 Å². The lowest BCUT2D eigenvalue weighted by atomic mass is 9.84. The van der Waals surface area contributed by atoms with E-state index in [4.69, 9.17) is 11.6 Å². The van der Waals surface area contributed by atoms with Gasteiger partial charge in [0.2, 0.25) is 0 Å². The Labute approximate surface area is 109 Å². The Bertz CT molecular complexity index is 359. The average Bonchev–Trinajstić information content (AvgIpc) is 2.92. The molecule has 17 heavy (non-hydrogen) atoms. The van der Waals surface area contributed by atoms with Crippen molar-refractivity contribution in [3.05, 3.63) is 35.9 Å². The van der Waals surface area contributed by atoms with Crippen molar-refractivity contribution in [1.82, 2.24) is 0 Å². The van der Waals surface area contributed by atoms with Crippen LogP contribution in [0.3, 0.4) is 0 Å². The van der Waals surface area contributed by atoms with Gasteiger partial charge in [0.25, 0.3) is 0 Å². The first-order valence-electron chi connectivity index (χ1n) is 6.99. The van der Waals surface area contributed by atoms with Gasteiger partial charge in [-0.25, -0.2) is 0 Å². The predicted molar refractivity (Wildman–Crippen MR) is 73.3 cm³/mol. The van der Waals surface area contributed by atoms with Gasteiger partial charge in [-0.2, -0.15) is 0 Å². The maximum atomic E-state index is 6.53. The highest BCUT2D eigenvalue weighted by Gasteiger charge is 2.39. The molecule has 0 heterocycles. The van der Waals surface area contributed by atoms with Crippen LogP contribution in [0.1, 0.15) is 37.7 Å². The van der Waals surface area contributed by atoms with Crippen LogP contribution in [-0.2, 0) is 6.42 Å². The van der Waals surface area contributed by atoms with Crippen LogP contribution in [0.4, 0.5) is 0 Å². The third kappa shape index (κ3) is 2.68. The SMILES string of the molecule is ClC(Cc1ccccc1)CC1CC2CCC1C2. The van der Waals surface area contributed by atoms with Gasteiger partial charge in [0.05, 0.1) is 0 Å². The van der Waals surface area contributed by atoms with Gasteiger partial charge in [-0.05, 0) is 55.4 Å².